The van der Waals surface area contributed by atoms with Crippen molar-refractivity contribution in [3.8, 4) is 5.75 Å². The number of hydrogen-bond acceptors (Lipinski definition) is 7. The maximum absolute atomic E-state index is 13.1. The predicted molar refractivity (Wildman–Crippen MR) is 140 cm³/mol. The summed E-state index contributed by atoms with van der Waals surface area (Å²) in [6.45, 7) is 5.12. The highest BCUT2D eigenvalue weighted by atomic mass is 32.2. The molecule has 2 aliphatic heterocycles. The van der Waals surface area contributed by atoms with E-state index in [0.29, 0.717) is 23.3 Å². The molecule has 0 bridgehead atoms. The molecule has 1 atom stereocenters. The molecule has 2 aliphatic rings. The molecule has 0 saturated carbocycles. The van der Waals surface area contributed by atoms with Crippen molar-refractivity contribution in [3.05, 3.63) is 60.3 Å². The van der Waals surface area contributed by atoms with E-state index < -0.39 is 0 Å². The lowest BCUT2D eigenvalue weighted by atomic mass is 10.1. The van der Waals surface area contributed by atoms with Crippen LogP contribution in [0, 0.1) is 0 Å². The quantitative estimate of drug-likeness (QED) is 0.371. The molecule has 8 heteroatoms. The number of fused-ring (bicyclic) bond motifs is 1. The number of benzene rings is 2. The molecule has 2 saturated heterocycles. The summed E-state index contributed by atoms with van der Waals surface area (Å²) >= 11 is 1.69. The van der Waals surface area contributed by atoms with Crippen molar-refractivity contribution in [3.63, 3.8) is 0 Å². The number of methoxy groups -OCH3 is 1. The standard InChI is InChI=1S/C27H32N4O3S/c1-33-24-17-21(27(32)31-14-12-30(13-15-31)18-22-7-4-16-34-22)9-10-23(24)29-19-35-25-8-2-5-20-6-3-11-28-26(20)25/h2-3,5-6,8-11,17,22,29H,4,7,12-16,18-19H2,1H3. The highest BCUT2D eigenvalue weighted by molar-refractivity contribution is 7.99. The van der Waals surface area contributed by atoms with Gasteiger partial charge in [0.15, 0.2) is 0 Å². The Balaban J connectivity index is 1.17. The fourth-order valence-electron chi connectivity index (χ4n) is 4.75. The topological polar surface area (TPSA) is 66.9 Å². The third-order valence-electron chi connectivity index (χ3n) is 6.68. The molecule has 1 unspecified atom stereocenters. The van der Waals surface area contributed by atoms with E-state index in [1.165, 1.54) is 0 Å². The molecular formula is C27H32N4O3S. The van der Waals surface area contributed by atoms with Gasteiger partial charge in [0.25, 0.3) is 5.91 Å². The number of thioether (sulfide) groups is 1. The second-order valence-corrected chi connectivity index (χ2v) is 9.96. The summed E-state index contributed by atoms with van der Waals surface area (Å²) in [6, 6.07) is 15.9. The van der Waals surface area contributed by atoms with Gasteiger partial charge >= 0.3 is 0 Å². The minimum atomic E-state index is 0.0582. The van der Waals surface area contributed by atoms with Gasteiger partial charge in [-0.1, -0.05) is 18.2 Å². The van der Waals surface area contributed by atoms with Gasteiger partial charge in [0.2, 0.25) is 0 Å². The van der Waals surface area contributed by atoms with E-state index in [4.69, 9.17) is 9.47 Å². The van der Waals surface area contributed by atoms with Crippen molar-refractivity contribution < 1.29 is 14.3 Å². The number of carbonyl (C=O) groups is 1. The maximum Gasteiger partial charge on any atom is 0.254 e. The molecule has 0 radical (unpaired) electrons. The molecule has 7 nitrogen and oxygen atoms in total. The molecule has 0 spiro atoms. The first-order valence-corrected chi connectivity index (χ1v) is 13.2. The zero-order chi connectivity index (χ0) is 24.0. The lowest BCUT2D eigenvalue weighted by Gasteiger charge is -2.35. The summed E-state index contributed by atoms with van der Waals surface area (Å²) in [6.07, 6.45) is 4.49. The van der Waals surface area contributed by atoms with Crippen LogP contribution < -0.4 is 10.1 Å². The number of amides is 1. The SMILES string of the molecule is COc1cc(C(=O)N2CCN(CC3CCCO3)CC2)ccc1NCSc1cccc2cccnc12. The van der Waals surface area contributed by atoms with Crippen LogP contribution in [0.25, 0.3) is 10.9 Å². The predicted octanol–water partition coefficient (Wildman–Crippen LogP) is 4.34. The minimum absolute atomic E-state index is 0.0582. The summed E-state index contributed by atoms with van der Waals surface area (Å²) < 4.78 is 11.4. The fourth-order valence-corrected chi connectivity index (χ4v) is 5.61. The molecule has 0 aliphatic carbocycles. The van der Waals surface area contributed by atoms with E-state index in [9.17, 15) is 4.79 Å². The lowest BCUT2D eigenvalue weighted by molar-refractivity contribution is 0.0432. The first kappa shape index (κ1) is 23.9. The van der Waals surface area contributed by atoms with Crippen molar-refractivity contribution in [1.29, 1.82) is 0 Å². The molecular weight excluding hydrogens is 460 g/mol. The molecule has 1 aromatic heterocycles. The zero-order valence-electron chi connectivity index (χ0n) is 20.1. The molecule has 1 amide bonds. The number of pyridine rings is 1. The number of ether oxygens (including phenoxy) is 2. The van der Waals surface area contributed by atoms with Crippen LogP contribution in [0.15, 0.2) is 59.6 Å². The second kappa shape index (κ2) is 11.3. The molecule has 1 N–H and O–H groups in total. The number of piperazine rings is 1. The average Bonchev–Trinajstić information content (AvgIpc) is 3.42. The van der Waals surface area contributed by atoms with Crippen LogP contribution in [-0.2, 0) is 4.74 Å². The van der Waals surface area contributed by atoms with E-state index in [-0.39, 0.29) is 5.91 Å². The van der Waals surface area contributed by atoms with Crippen molar-refractivity contribution >= 4 is 34.3 Å². The van der Waals surface area contributed by atoms with Crippen LogP contribution in [-0.4, -0.2) is 79.1 Å². The van der Waals surface area contributed by atoms with Gasteiger partial charge in [-0.15, -0.1) is 11.8 Å². The summed E-state index contributed by atoms with van der Waals surface area (Å²) in [5.41, 5.74) is 2.53. The van der Waals surface area contributed by atoms with E-state index in [2.05, 4.69) is 39.5 Å². The number of nitrogens with one attached hydrogen (secondary N) is 1. The van der Waals surface area contributed by atoms with Crippen LogP contribution in [0.1, 0.15) is 23.2 Å². The minimum Gasteiger partial charge on any atom is -0.495 e. The summed E-state index contributed by atoms with van der Waals surface area (Å²) in [5.74, 6) is 1.39. The van der Waals surface area contributed by atoms with Gasteiger partial charge < -0.3 is 19.7 Å². The van der Waals surface area contributed by atoms with Crippen LogP contribution in [0.2, 0.25) is 0 Å². The Morgan fingerprint density at radius 2 is 2.03 bits per heavy atom. The van der Waals surface area contributed by atoms with Crippen molar-refractivity contribution in [2.45, 2.75) is 23.8 Å². The van der Waals surface area contributed by atoms with Crippen LogP contribution in [0.4, 0.5) is 5.69 Å². The second-order valence-electron chi connectivity index (χ2n) is 8.94. The number of aromatic nitrogens is 1. The Kier molecular flexibility index (Phi) is 7.71. The van der Waals surface area contributed by atoms with E-state index in [0.717, 1.165) is 73.7 Å². The van der Waals surface area contributed by atoms with Crippen LogP contribution >= 0.6 is 11.8 Å². The highest BCUT2D eigenvalue weighted by Crippen LogP contribution is 2.30. The van der Waals surface area contributed by atoms with Gasteiger partial charge in [-0.3, -0.25) is 14.7 Å². The number of para-hydroxylation sites is 1. The van der Waals surface area contributed by atoms with Gasteiger partial charge in [0, 0.05) is 61.4 Å². The van der Waals surface area contributed by atoms with Crippen LogP contribution in [0.5, 0.6) is 5.75 Å². The van der Waals surface area contributed by atoms with Crippen LogP contribution in [0.3, 0.4) is 0 Å². The van der Waals surface area contributed by atoms with Gasteiger partial charge in [-0.05, 0) is 43.2 Å². The Bertz CT molecular complexity index is 1150. The van der Waals surface area contributed by atoms with Gasteiger partial charge in [-0.25, -0.2) is 0 Å². The number of carbonyl (C=O) groups excluding carboxylic acids is 1. The number of anilines is 1. The van der Waals surface area contributed by atoms with Gasteiger partial charge in [0.1, 0.15) is 5.75 Å². The molecule has 2 aromatic carbocycles. The van der Waals surface area contributed by atoms with Crippen molar-refractivity contribution in [2.24, 2.45) is 0 Å². The smallest absolute Gasteiger partial charge is 0.254 e. The summed E-state index contributed by atoms with van der Waals surface area (Å²) in [7, 11) is 1.64. The van der Waals surface area contributed by atoms with Gasteiger partial charge in [0.05, 0.1) is 30.3 Å². The monoisotopic (exact) mass is 492 g/mol. The third-order valence-corrected chi connectivity index (χ3v) is 7.61. The molecule has 35 heavy (non-hydrogen) atoms. The normalized spacial score (nSPS) is 18.7. The maximum atomic E-state index is 13.1. The Labute approximate surface area is 210 Å². The van der Waals surface area contributed by atoms with E-state index in [1.807, 2.05) is 35.4 Å². The Morgan fingerprint density at radius 3 is 2.83 bits per heavy atom. The van der Waals surface area contributed by atoms with Gasteiger partial charge in [-0.2, -0.15) is 0 Å². The fraction of sp³-hybridized carbons (Fsp3) is 0.407. The Morgan fingerprint density at radius 1 is 1.17 bits per heavy atom. The zero-order valence-corrected chi connectivity index (χ0v) is 20.9. The largest absolute Gasteiger partial charge is 0.495 e. The first-order chi connectivity index (χ1) is 17.2. The summed E-state index contributed by atoms with van der Waals surface area (Å²) in [4.78, 5) is 23.2. The third kappa shape index (κ3) is 5.72. The molecule has 3 heterocycles. The van der Waals surface area contributed by atoms with Crippen molar-refractivity contribution in [2.75, 3.05) is 57.6 Å². The average molecular weight is 493 g/mol. The van der Waals surface area contributed by atoms with E-state index >= 15 is 0 Å². The van der Waals surface area contributed by atoms with Crippen molar-refractivity contribution in [1.82, 2.24) is 14.8 Å². The first-order valence-electron chi connectivity index (χ1n) is 12.2. The lowest BCUT2D eigenvalue weighted by Crippen LogP contribution is -2.50. The molecule has 184 valence electrons. The number of hydrogen-bond donors (Lipinski definition) is 1. The van der Waals surface area contributed by atoms with E-state index in [1.54, 1.807) is 18.9 Å². The number of nitrogens with zero attached hydrogens (tertiary/aromatic N) is 3. The molecule has 3 aromatic rings. The highest BCUT2D eigenvalue weighted by Gasteiger charge is 2.26. The number of rotatable bonds is 8. The molecule has 2 fully saturated rings. The Hall–Kier alpha value is -2.81. The molecule has 5 rings (SSSR count). The summed E-state index contributed by atoms with van der Waals surface area (Å²) in [5, 5.41) is 4.56.